The molecule has 2 heterocycles. The molecule has 0 aliphatic carbocycles. The molecule has 1 atom stereocenters. The third-order valence-corrected chi connectivity index (χ3v) is 4.48. The summed E-state index contributed by atoms with van der Waals surface area (Å²) in [6.45, 7) is 6.15. The van der Waals surface area contributed by atoms with E-state index >= 15 is 0 Å². The van der Waals surface area contributed by atoms with E-state index in [9.17, 15) is 9.18 Å². The number of hydrogen-bond donors (Lipinski definition) is 2. The Morgan fingerprint density at radius 1 is 1.43 bits per heavy atom. The van der Waals surface area contributed by atoms with E-state index < -0.39 is 0 Å². The molecule has 3 rings (SSSR count). The molecule has 0 spiro atoms. The Morgan fingerprint density at radius 3 is 2.74 bits per heavy atom. The standard InChI is InChI=1S/C17H21FN4O/c1-11(13-7-19-8-13)17(23)20-9-14-10-22(21-12(14)2)16-5-3-15(18)4-6-16/h3-6,10-11,13,19H,7-9H2,1-2H3,(H,20,23). The molecule has 1 fully saturated rings. The van der Waals surface area contributed by atoms with E-state index in [-0.39, 0.29) is 17.6 Å². The van der Waals surface area contributed by atoms with Gasteiger partial charge in [-0.1, -0.05) is 6.92 Å². The Bertz CT molecular complexity index is 691. The van der Waals surface area contributed by atoms with Gasteiger partial charge in [0.15, 0.2) is 0 Å². The quantitative estimate of drug-likeness (QED) is 0.884. The van der Waals surface area contributed by atoms with Gasteiger partial charge in [-0.3, -0.25) is 4.79 Å². The molecule has 1 saturated heterocycles. The van der Waals surface area contributed by atoms with Crippen molar-refractivity contribution in [3.05, 3.63) is 47.5 Å². The molecule has 0 radical (unpaired) electrons. The third kappa shape index (κ3) is 3.42. The number of nitrogens with one attached hydrogen (secondary N) is 2. The number of hydrogen-bond acceptors (Lipinski definition) is 3. The van der Waals surface area contributed by atoms with Crippen molar-refractivity contribution in [2.24, 2.45) is 11.8 Å². The van der Waals surface area contributed by atoms with Gasteiger partial charge in [0.2, 0.25) is 5.91 Å². The van der Waals surface area contributed by atoms with Crippen LogP contribution in [0.15, 0.2) is 30.5 Å². The van der Waals surface area contributed by atoms with Crippen LogP contribution in [-0.4, -0.2) is 28.8 Å². The lowest BCUT2D eigenvalue weighted by atomic mass is 9.88. The van der Waals surface area contributed by atoms with Gasteiger partial charge in [-0.2, -0.15) is 5.10 Å². The Kier molecular flexibility index (Phi) is 4.43. The number of aryl methyl sites for hydroxylation is 1. The zero-order valence-electron chi connectivity index (χ0n) is 13.3. The summed E-state index contributed by atoms with van der Waals surface area (Å²) in [5.74, 6) is 0.247. The first-order valence-electron chi connectivity index (χ1n) is 7.84. The minimum absolute atomic E-state index is 0.0173. The number of rotatable bonds is 5. The van der Waals surface area contributed by atoms with E-state index in [4.69, 9.17) is 0 Å². The lowest BCUT2D eigenvalue weighted by Crippen LogP contribution is -2.49. The predicted molar refractivity (Wildman–Crippen MR) is 85.6 cm³/mol. The average molecular weight is 316 g/mol. The van der Waals surface area contributed by atoms with Crippen molar-refractivity contribution in [1.82, 2.24) is 20.4 Å². The molecule has 2 aromatic rings. The molecule has 5 nitrogen and oxygen atoms in total. The van der Waals surface area contributed by atoms with Gasteiger partial charge >= 0.3 is 0 Å². The number of carbonyl (C=O) groups excluding carboxylic acids is 1. The van der Waals surface area contributed by atoms with E-state index in [2.05, 4.69) is 15.7 Å². The van der Waals surface area contributed by atoms with Crippen molar-refractivity contribution < 1.29 is 9.18 Å². The van der Waals surface area contributed by atoms with Gasteiger partial charge in [-0.15, -0.1) is 0 Å². The maximum Gasteiger partial charge on any atom is 0.223 e. The second-order valence-electron chi connectivity index (χ2n) is 6.09. The van der Waals surface area contributed by atoms with Crippen LogP contribution in [0.4, 0.5) is 4.39 Å². The smallest absolute Gasteiger partial charge is 0.223 e. The summed E-state index contributed by atoms with van der Waals surface area (Å²) in [6, 6.07) is 6.16. The van der Waals surface area contributed by atoms with E-state index in [0.29, 0.717) is 12.5 Å². The second kappa shape index (κ2) is 6.50. The minimum atomic E-state index is -0.274. The first kappa shape index (κ1) is 15.7. The summed E-state index contributed by atoms with van der Waals surface area (Å²) in [5.41, 5.74) is 2.61. The van der Waals surface area contributed by atoms with Crippen LogP contribution in [0.2, 0.25) is 0 Å². The highest BCUT2D eigenvalue weighted by Crippen LogP contribution is 2.17. The SMILES string of the molecule is Cc1nn(-c2ccc(F)cc2)cc1CNC(=O)C(C)C1CNC1. The minimum Gasteiger partial charge on any atom is -0.352 e. The van der Waals surface area contributed by atoms with Crippen molar-refractivity contribution in [1.29, 1.82) is 0 Å². The molecule has 23 heavy (non-hydrogen) atoms. The summed E-state index contributed by atoms with van der Waals surface area (Å²) < 4.78 is 14.7. The number of amides is 1. The van der Waals surface area contributed by atoms with Crippen LogP contribution in [0, 0.1) is 24.6 Å². The average Bonchev–Trinajstić information content (AvgIpc) is 2.85. The fourth-order valence-electron chi connectivity index (χ4n) is 2.62. The van der Waals surface area contributed by atoms with Crippen LogP contribution in [0.5, 0.6) is 0 Å². The van der Waals surface area contributed by atoms with Gasteiger partial charge < -0.3 is 10.6 Å². The van der Waals surface area contributed by atoms with Gasteiger partial charge in [-0.05, 0) is 50.2 Å². The summed E-state index contributed by atoms with van der Waals surface area (Å²) in [4.78, 5) is 12.2. The van der Waals surface area contributed by atoms with Crippen LogP contribution < -0.4 is 10.6 Å². The zero-order chi connectivity index (χ0) is 16.4. The number of benzene rings is 1. The summed E-state index contributed by atoms with van der Waals surface area (Å²) in [5, 5.41) is 10.6. The Balaban J connectivity index is 1.64. The maximum absolute atomic E-state index is 13.0. The van der Waals surface area contributed by atoms with E-state index in [1.54, 1.807) is 16.8 Å². The largest absolute Gasteiger partial charge is 0.352 e. The maximum atomic E-state index is 13.0. The topological polar surface area (TPSA) is 59.0 Å². The van der Waals surface area contributed by atoms with Crippen LogP contribution in [0.25, 0.3) is 5.69 Å². The Labute approximate surface area is 134 Å². The van der Waals surface area contributed by atoms with Gasteiger partial charge in [0.25, 0.3) is 0 Å². The van der Waals surface area contributed by atoms with Crippen molar-refractivity contribution in [3.8, 4) is 5.69 Å². The van der Waals surface area contributed by atoms with Crippen molar-refractivity contribution >= 4 is 5.91 Å². The lowest BCUT2D eigenvalue weighted by Gasteiger charge is -2.31. The third-order valence-electron chi connectivity index (χ3n) is 4.48. The van der Waals surface area contributed by atoms with Crippen molar-refractivity contribution in [2.45, 2.75) is 20.4 Å². The molecule has 0 saturated carbocycles. The molecule has 0 bridgehead atoms. The molecule has 1 aromatic carbocycles. The molecular formula is C17H21FN4O. The lowest BCUT2D eigenvalue weighted by molar-refractivity contribution is -0.126. The Morgan fingerprint density at radius 2 is 2.13 bits per heavy atom. The number of halogens is 1. The summed E-state index contributed by atoms with van der Waals surface area (Å²) >= 11 is 0. The summed E-state index contributed by atoms with van der Waals surface area (Å²) in [7, 11) is 0. The van der Waals surface area contributed by atoms with Crippen molar-refractivity contribution in [3.63, 3.8) is 0 Å². The Hall–Kier alpha value is -2.21. The molecule has 2 N–H and O–H groups in total. The van der Waals surface area contributed by atoms with Crippen LogP contribution in [0.1, 0.15) is 18.2 Å². The van der Waals surface area contributed by atoms with E-state index in [0.717, 1.165) is 30.0 Å². The molecule has 1 aliphatic heterocycles. The number of carbonyl (C=O) groups is 1. The van der Waals surface area contributed by atoms with Gasteiger partial charge in [0, 0.05) is 24.2 Å². The number of nitrogens with zero attached hydrogens (tertiary/aromatic N) is 2. The summed E-state index contributed by atoms with van der Waals surface area (Å²) in [6.07, 6.45) is 1.87. The fraction of sp³-hybridized carbons (Fsp3) is 0.412. The van der Waals surface area contributed by atoms with Crippen LogP contribution in [-0.2, 0) is 11.3 Å². The van der Waals surface area contributed by atoms with Crippen molar-refractivity contribution in [2.75, 3.05) is 13.1 Å². The van der Waals surface area contributed by atoms with Gasteiger partial charge in [0.05, 0.1) is 11.4 Å². The molecule has 1 unspecified atom stereocenters. The fourth-order valence-corrected chi connectivity index (χ4v) is 2.62. The second-order valence-corrected chi connectivity index (χ2v) is 6.09. The highest BCUT2D eigenvalue weighted by atomic mass is 19.1. The molecule has 1 amide bonds. The highest BCUT2D eigenvalue weighted by molar-refractivity contribution is 5.78. The highest BCUT2D eigenvalue weighted by Gasteiger charge is 2.28. The van der Waals surface area contributed by atoms with Gasteiger partial charge in [0.1, 0.15) is 5.82 Å². The first-order chi connectivity index (χ1) is 11.0. The monoisotopic (exact) mass is 316 g/mol. The number of aromatic nitrogens is 2. The first-order valence-corrected chi connectivity index (χ1v) is 7.84. The molecule has 122 valence electrons. The predicted octanol–water partition coefficient (Wildman–Crippen LogP) is 1.79. The van der Waals surface area contributed by atoms with E-state index in [1.807, 2.05) is 20.0 Å². The molecule has 1 aliphatic rings. The van der Waals surface area contributed by atoms with Gasteiger partial charge in [-0.25, -0.2) is 9.07 Å². The van der Waals surface area contributed by atoms with Crippen LogP contribution >= 0.6 is 0 Å². The van der Waals surface area contributed by atoms with E-state index in [1.165, 1.54) is 12.1 Å². The van der Waals surface area contributed by atoms with Crippen LogP contribution in [0.3, 0.4) is 0 Å². The molecular weight excluding hydrogens is 295 g/mol. The zero-order valence-corrected chi connectivity index (χ0v) is 13.3. The normalized spacial score (nSPS) is 16.0. The molecule has 1 aromatic heterocycles. The molecule has 6 heteroatoms.